The minimum atomic E-state index is -1.11. The summed E-state index contributed by atoms with van der Waals surface area (Å²) in [5.74, 6) is -1.31. The van der Waals surface area contributed by atoms with E-state index in [0.717, 1.165) is 17.7 Å². The smallest absolute Gasteiger partial charge is 0.371 e. The van der Waals surface area contributed by atoms with Gasteiger partial charge in [0.1, 0.15) is 0 Å². The molecule has 1 unspecified atom stereocenters. The number of nitrogens with one attached hydrogen (secondary N) is 1. The molecule has 0 radical (unpaired) electrons. The monoisotopic (exact) mass is 303 g/mol. The first kappa shape index (κ1) is 13.8. The number of hydrogen-bond acceptors (Lipinski definition) is 4. The van der Waals surface area contributed by atoms with Crippen LogP contribution in [0.5, 0.6) is 0 Å². The number of furan rings is 1. The molecule has 0 bridgehead atoms. The average Bonchev–Trinajstić information content (AvgIpc) is 2.87. The van der Waals surface area contributed by atoms with Crippen molar-refractivity contribution in [3.05, 3.63) is 47.7 Å². The number of amides is 1. The highest BCUT2D eigenvalue weighted by atomic mass is 32.2. The van der Waals surface area contributed by atoms with E-state index >= 15 is 0 Å². The maximum atomic E-state index is 12.2. The standard InChI is InChI=1S/C15H13NO4S/c17-14-12(21-13-8-6-11(20-13)15(18)19)7-5-9-3-1-2-4-10(9)16-14/h1-4,6,8,12H,5,7H2,(H,16,17)(H,18,19). The van der Waals surface area contributed by atoms with E-state index in [1.165, 1.54) is 17.8 Å². The molecule has 1 amide bonds. The lowest BCUT2D eigenvalue weighted by atomic mass is 10.1. The van der Waals surface area contributed by atoms with Crippen LogP contribution in [0, 0.1) is 0 Å². The Morgan fingerprint density at radius 3 is 2.86 bits per heavy atom. The third-order valence-electron chi connectivity index (χ3n) is 3.29. The summed E-state index contributed by atoms with van der Waals surface area (Å²) in [7, 11) is 0. The van der Waals surface area contributed by atoms with Gasteiger partial charge in [-0.3, -0.25) is 4.79 Å². The number of carbonyl (C=O) groups is 2. The van der Waals surface area contributed by atoms with Crippen LogP contribution in [0.3, 0.4) is 0 Å². The van der Waals surface area contributed by atoms with Gasteiger partial charge in [-0.1, -0.05) is 30.0 Å². The van der Waals surface area contributed by atoms with Gasteiger partial charge in [-0.25, -0.2) is 4.79 Å². The molecular weight excluding hydrogens is 290 g/mol. The molecule has 21 heavy (non-hydrogen) atoms. The molecule has 5 nitrogen and oxygen atoms in total. The summed E-state index contributed by atoms with van der Waals surface area (Å²) in [4.78, 5) is 23.0. The lowest BCUT2D eigenvalue weighted by Gasteiger charge is -2.10. The zero-order chi connectivity index (χ0) is 14.8. The number of carboxylic acid groups (broad SMARTS) is 1. The predicted molar refractivity (Wildman–Crippen MR) is 78.7 cm³/mol. The van der Waals surface area contributed by atoms with Crippen molar-refractivity contribution < 1.29 is 19.1 Å². The fraction of sp³-hybridized carbons (Fsp3) is 0.200. The van der Waals surface area contributed by atoms with Crippen molar-refractivity contribution in [1.82, 2.24) is 0 Å². The fourth-order valence-corrected chi connectivity index (χ4v) is 3.21. The second kappa shape index (κ2) is 5.65. The molecule has 6 heteroatoms. The van der Waals surface area contributed by atoms with Crippen LogP contribution in [0.2, 0.25) is 0 Å². The Morgan fingerprint density at radius 1 is 1.29 bits per heavy atom. The Bertz CT molecular complexity index is 694. The highest BCUT2D eigenvalue weighted by Gasteiger charge is 2.25. The molecular formula is C15H13NO4S. The number of benzene rings is 1. The number of carboxylic acids is 1. The van der Waals surface area contributed by atoms with Gasteiger partial charge >= 0.3 is 5.97 Å². The molecule has 108 valence electrons. The number of para-hydroxylation sites is 1. The normalized spacial score (nSPS) is 17.7. The second-order valence-electron chi connectivity index (χ2n) is 4.72. The lowest BCUT2D eigenvalue weighted by Crippen LogP contribution is -2.23. The Morgan fingerprint density at radius 2 is 2.10 bits per heavy atom. The van der Waals surface area contributed by atoms with Crippen molar-refractivity contribution in [3.63, 3.8) is 0 Å². The molecule has 1 aromatic carbocycles. The Kier molecular flexibility index (Phi) is 3.70. The maximum absolute atomic E-state index is 12.2. The van der Waals surface area contributed by atoms with Gasteiger partial charge in [-0.05, 0) is 36.6 Å². The van der Waals surface area contributed by atoms with Crippen LogP contribution in [0.15, 0.2) is 45.9 Å². The number of hydrogen-bond donors (Lipinski definition) is 2. The van der Waals surface area contributed by atoms with Crippen LogP contribution >= 0.6 is 11.8 Å². The molecule has 2 heterocycles. The van der Waals surface area contributed by atoms with Gasteiger partial charge in [-0.2, -0.15) is 0 Å². The summed E-state index contributed by atoms with van der Waals surface area (Å²) >= 11 is 1.25. The molecule has 1 aromatic heterocycles. The molecule has 3 rings (SSSR count). The number of rotatable bonds is 3. The van der Waals surface area contributed by atoms with Crippen LogP contribution in [-0.4, -0.2) is 22.2 Å². The summed E-state index contributed by atoms with van der Waals surface area (Å²) < 4.78 is 5.20. The molecule has 0 saturated carbocycles. The second-order valence-corrected chi connectivity index (χ2v) is 5.92. The van der Waals surface area contributed by atoms with Crippen molar-refractivity contribution in [3.8, 4) is 0 Å². The largest absolute Gasteiger partial charge is 0.475 e. The minimum absolute atomic E-state index is 0.0850. The van der Waals surface area contributed by atoms with Gasteiger partial charge in [-0.15, -0.1) is 0 Å². The van der Waals surface area contributed by atoms with Gasteiger partial charge in [0.05, 0.1) is 5.25 Å². The molecule has 0 aliphatic carbocycles. The minimum Gasteiger partial charge on any atom is -0.475 e. The van der Waals surface area contributed by atoms with Gasteiger partial charge < -0.3 is 14.8 Å². The number of aryl methyl sites for hydroxylation is 1. The van der Waals surface area contributed by atoms with E-state index in [-0.39, 0.29) is 16.9 Å². The van der Waals surface area contributed by atoms with Crippen LogP contribution in [0.1, 0.15) is 22.5 Å². The van der Waals surface area contributed by atoms with E-state index in [1.807, 2.05) is 24.3 Å². The van der Waals surface area contributed by atoms with Gasteiger partial charge in [0.2, 0.25) is 11.7 Å². The SMILES string of the molecule is O=C(O)c1ccc(SC2CCc3ccccc3NC2=O)o1. The Hall–Kier alpha value is -2.21. The first-order valence-electron chi connectivity index (χ1n) is 6.52. The van der Waals surface area contributed by atoms with Crippen LogP contribution in [0.25, 0.3) is 0 Å². The third kappa shape index (κ3) is 2.95. The summed E-state index contributed by atoms with van der Waals surface area (Å²) in [6.07, 6.45) is 1.47. The zero-order valence-electron chi connectivity index (χ0n) is 11.0. The van der Waals surface area contributed by atoms with E-state index < -0.39 is 5.97 Å². The number of thioether (sulfide) groups is 1. The van der Waals surface area contributed by atoms with E-state index in [2.05, 4.69) is 5.32 Å². The average molecular weight is 303 g/mol. The van der Waals surface area contributed by atoms with Crippen molar-refractivity contribution >= 4 is 29.3 Å². The molecule has 2 N–H and O–H groups in total. The van der Waals surface area contributed by atoms with Crippen LogP contribution < -0.4 is 5.32 Å². The maximum Gasteiger partial charge on any atom is 0.371 e. The Labute approximate surface area is 125 Å². The highest BCUT2D eigenvalue weighted by Crippen LogP contribution is 2.32. The fourth-order valence-electron chi connectivity index (χ4n) is 2.24. The molecule has 1 aliphatic heterocycles. The first-order valence-corrected chi connectivity index (χ1v) is 7.40. The molecule has 1 aliphatic rings. The zero-order valence-corrected chi connectivity index (χ0v) is 11.9. The van der Waals surface area contributed by atoms with Crippen LogP contribution in [-0.2, 0) is 11.2 Å². The van der Waals surface area contributed by atoms with Crippen molar-refractivity contribution in [2.75, 3.05) is 5.32 Å². The summed E-state index contributed by atoms with van der Waals surface area (Å²) in [6.45, 7) is 0. The molecule has 1 atom stereocenters. The molecule has 0 fully saturated rings. The molecule has 0 spiro atoms. The number of fused-ring (bicyclic) bond motifs is 1. The number of carbonyl (C=O) groups excluding carboxylic acids is 1. The first-order chi connectivity index (χ1) is 10.1. The van der Waals surface area contributed by atoms with Crippen molar-refractivity contribution in [2.24, 2.45) is 0 Å². The highest BCUT2D eigenvalue weighted by molar-refractivity contribution is 8.00. The lowest BCUT2D eigenvalue weighted by molar-refractivity contribution is -0.115. The van der Waals surface area contributed by atoms with E-state index in [0.29, 0.717) is 11.5 Å². The van der Waals surface area contributed by atoms with Crippen molar-refractivity contribution in [2.45, 2.75) is 23.2 Å². The predicted octanol–water partition coefficient (Wildman–Crippen LogP) is 3.02. The molecule has 0 saturated heterocycles. The van der Waals surface area contributed by atoms with Crippen LogP contribution in [0.4, 0.5) is 5.69 Å². The molecule has 2 aromatic rings. The van der Waals surface area contributed by atoms with E-state index in [4.69, 9.17) is 9.52 Å². The summed E-state index contributed by atoms with van der Waals surface area (Å²) in [6, 6.07) is 10.7. The number of anilines is 1. The van der Waals surface area contributed by atoms with E-state index in [1.54, 1.807) is 6.07 Å². The summed E-state index contributed by atoms with van der Waals surface area (Å²) in [5.41, 5.74) is 1.95. The van der Waals surface area contributed by atoms with Crippen molar-refractivity contribution in [1.29, 1.82) is 0 Å². The number of aromatic carboxylic acids is 1. The quantitative estimate of drug-likeness (QED) is 0.911. The van der Waals surface area contributed by atoms with E-state index in [9.17, 15) is 9.59 Å². The van der Waals surface area contributed by atoms with Gasteiger partial charge in [0, 0.05) is 5.69 Å². The summed E-state index contributed by atoms with van der Waals surface area (Å²) in [5, 5.41) is 11.9. The van der Waals surface area contributed by atoms with Gasteiger partial charge in [0.15, 0.2) is 5.09 Å². The topological polar surface area (TPSA) is 79.5 Å². The third-order valence-corrected chi connectivity index (χ3v) is 4.48. The Balaban J connectivity index is 1.75. The van der Waals surface area contributed by atoms with Gasteiger partial charge in [0.25, 0.3) is 0 Å².